The van der Waals surface area contributed by atoms with E-state index in [4.69, 9.17) is 5.73 Å². The summed E-state index contributed by atoms with van der Waals surface area (Å²) in [7, 11) is 0. The highest BCUT2D eigenvalue weighted by molar-refractivity contribution is 5.25. The molecule has 1 unspecified atom stereocenters. The third-order valence-corrected chi connectivity index (χ3v) is 2.27. The lowest BCUT2D eigenvalue weighted by atomic mass is 10.2. The lowest BCUT2D eigenvalue weighted by Crippen LogP contribution is -2.22. The first-order valence-electron chi connectivity index (χ1n) is 5.33. The van der Waals surface area contributed by atoms with Crippen molar-refractivity contribution < 1.29 is 13.2 Å². The van der Waals surface area contributed by atoms with Gasteiger partial charge in [0.25, 0.3) is 0 Å². The van der Waals surface area contributed by atoms with E-state index in [1.807, 2.05) is 6.92 Å². The van der Waals surface area contributed by atoms with Crippen LogP contribution in [0.15, 0.2) is 12.3 Å². The minimum atomic E-state index is -4.45. The number of anilines is 1. The molecule has 0 bridgehead atoms. The highest BCUT2D eigenvalue weighted by atomic mass is 19.4. The molecule has 0 aliphatic carbocycles. The predicted molar refractivity (Wildman–Crippen MR) is 58.4 cm³/mol. The molecule has 0 aliphatic heterocycles. The van der Waals surface area contributed by atoms with Crippen molar-refractivity contribution >= 4 is 5.95 Å². The van der Waals surface area contributed by atoms with Crippen LogP contribution in [0.1, 0.15) is 25.5 Å². The summed E-state index contributed by atoms with van der Waals surface area (Å²) in [4.78, 5) is 7.09. The van der Waals surface area contributed by atoms with Gasteiger partial charge in [0.15, 0.2) is 0 Å². The SMILES string of the molecule is CCC(N)CCNc1nccc(C(F)(F)F)n1. The first-order valence-corrected chi connectivity index (χ1v) is 5.33. The van der Waals surface area contributed by atoms with E-state index in [2.05, 4.69) is 15.3 Å². The largest absolute Gasteiger partial charge is 0.433 e. The van der Waals surface area contributed by atoms with Gasteiger partial charge in [-0.3, -0.25) is 0 Å². The van der Waals surface area contributed by atoms with Gasteiger partial charge in [-0.25, -0.2) is 9.97 Å². The summed E-state index contributed by atoms with van der Waals surface area (Å²) in [5.74, 6) is -0.0249. The molecule has 96 valence electrons. The van der Waals surface area contributed by atoms with Crippen molar-refractivity contribution in [2.75, 3.05) is 11.9 Å². The number of nitrogens with one attached hydrogen (secondary N) is 1. The minimum Gasteiger partial charge on any atom is -0.354 e. The molecule has 1 rings (SSSR count). The van der Waals surface area contributed by atoms with E-state index >= 15 is 0 Å². The number of hydrogen-bond donors (Lipinski definition) is 2. The van der Waals surface area contributed by atoms with E-state index in [1.165, 1.54) is 0 Å². The van der Waals surface area contributed by atoms with E-state index in [0.717, 1.165) is 18.7 Å². The highest BCUT2D eigenvalue weighted by Crippen LogP contribution is 2.27. The summed E-state index contributed by atoms with van der Waals surface area (Å²) in [5.41, 5.74) is 4.73. The number of hydrogen-bond acceptors (Lipinski definition) is 4. The molecule has 1 aromatic rings. The van der Waals surface area contributed by atoms with Gasteiger partial charge in [-0.1, -0.05) is 6.92 Å². The zero-order valence-corrected chi connectivity index (χ0v) is 9.46. The number of nitrogens with zero attached hydrogens (tertiary/aromatic N) is 2. The molecule has 0 fully saturated rings. The van der Waals surface area contributed by atoms with E-state index in [-0.39, 0.29) is 12.0 Å². The number of nitrogens with two attached hydrogens (primary N) is 1. The fourth-order valence-electron chi connectivity index (χ4n) is 1.18. The Hall–Kier alpha value is -1.37. The molecule has 7 heteroatoms. The fourth-order valence-corrected chi connectivity index (χ4v) is 1.18. The summed E-state index contributed by atoms with van der Waals surface area (Å²) >= 11 is 0. The Morgan fingerprint density at radius 2 is 2.18 bits per heavy atom. The van der Waals surface area contributed by atoms with Crippen LogP contribution in [0.3, 0.4) is 0 Å². The third kappa shape index (κ3) is 4.56. The molecule has 0 radical (unpaired) electrons. The van der Waals surface area contributed by atoms with Crippen LogP contribution in [0.5, 0.6) is 0 Å². The Bertz CT molecular complexity index is 354. The average molecular weight is 248 g/mol. The fraction of sp³-hybridized carbons (Fsp3) is 0.600. The van der Waals surface area contributed by atoms with Crippen molar-refractivity contribution in [3.05, 3.63) is 18.0 Å². The van der Waals surface area contributed by atoms with Crippen molar-refractivity contribution in [1.82, 2.24) is 9.97 Å². The topological polar surface area (TPSA) is 63.8 Å². The summed E-state index contributed by atoms with van der Waals surface area (Å²) in [6, 6.07) is 0.872. The standard InChI is InChI=1S/C10H15F3N4/c1-2-7(14)3-5-15-9-16-6-4-8(17-9)10(11,12)13/h4,6-7H,2-3,5,14H2,1H3,(H,15,16,17). The molecule has 17 heavy (non-hydrogen) atoms. The molecular formula is C10H15F3N4. The molecule has 1 atom stereocenters. The normalized spacial score (nSPS) is 13.5. The third-order valence-electron chi connectivity index (χ3n) is 2.27. The number of halogens is 3. The van der Waals surface area contributed by atoms with Gasteiger partial charge in [0.1, 0.15) is 5.69 Å². The molecule has 0 saturated carbocycles. The molecule has 3 N–H and O–H groups in total. The smallest absolute Gasteiger partial charge is 0.354 e. The van der Waals surface area contributed by atoms with E-state index < -0.39 is 11.9 Å². The van der Waals surface area contributed by atoms with Gasteiger partial charge in [-0.05, 0) is 18.9 Å². The molecule has 0 aromatic carbocycles. The van der Waals surface area contributed by atoms with E-state index in [0.29, 0.717) is 13.0 Å². The van der Waals surface area contributed by atoms with Crippen LogP contribution >= 0.6 is 0 Å². The Morgan fingerprint density at radius 3 is 2.76 bits per heavy atom. The van der Waals surface area contributed by atoms with Crippen molar-refractivity contribution in [3.8, 4) is 0 Å². The average Bonchev–Trinajstić information content (AvgIpc) is 2.28. The molecule has 0 spiro atoms. The Kier molecular flexibility index (Phi) is 4.68. The molecule has 4 nitrogen and oxygen atoms in total. The van der Waals surface area contributed by atoms with Crippen LogP contribution in [0, 0.1) is 0 Å². The number of aromatic nitrogens is 2. The van der Waals surface area contributed by atoms with Crippen molar-refractivity contribution in [2.24, 2.45) is 5.73 Å². The molecule has 0 aliphatic rings. The zero-order valence-electron chi connectivity index (χ0n) is 9.46. The molecule has 1 aromatic heterocycles. The van der Waals surface area contributed by atoms with Crippen LogP contribution in [0.25, 0.3) is 0 Å². The summed E-state index contributed by atoms with van der Waals surface area (Å²) in [6.45, 7) is 2.40. The first kappa shape index (κ1) is 13.7. The second kappa shape index (κ2) is 5.81. The van der Waals surface area contributed by atoms with Crippen molar-refractivity contribution in [3.63, 3.8) is 0 Å². The molecule has 1 heterocycles. The van der Waals surface area contributed by atoms with Gasteiger partial charge in [-0.2, -0.15) is 13.2 Å². The van der Waals surface area contributed by atoms with Gasteiger partial charge in [0.2, 0.25) is 5.95 Å². The van der Waals surface area contributed by atoms with Crippen molar-refractivity contribution in [1.29, 1.82) is 0 Å². The second-order valence-electron chi connectivity index (χ2n) is 3.65. The molecule has 0 saturated heterocycles. The van der Waals surface area contributed by atoms with Gasteiger partial charge < -0.3 is 11.1 Å². The minimum absolute atomic E-state index is 0.0249. The lowest BCUT2D eigenvalue weighted by molar-refractivity contribution is -0.141. The van der Waals surface area contributed by atoms with E-state index in [9.17, 15) is 13.2 Å². The van der Waals surface area contributed by atoms with Crippen LogP contribution in [-0.4, -0.2) is 22.6 Å². The van der Waals surface area contributed by atoms with Crippen LogP contribution in [0.4, 0.5) is 19.1 Å². The maximum atomic E-state index is 12.3. The van der Waals surface area contributed by atoms with Crippen LogP contribution in [0.2, 0.25) is 0 Å². The molecule has 0 amide bonds. The first-order chi connectivity index (χ1) is 7.93. The number of rotatable bonds is 5. The quantitative estimate of drug-likeness (QED) is 0.837. The van der Waals surface area contributed by atoms with Gasteiger partial charge in [-0.15, -0.1) is 0 Å². The van der Waals surface area contributed by atoms with E-state index in [1.54, 1.807) is 0 Å². The second-order valence-corrected chi connectivity index (χ2v) is 3.65. The maximum absolute atomic E-state index is 12.3. The van der Waals surface area contributed by atoms with Crippen LogP contribution < -0.4 is 11.1 Å². The maximum Gasteiger partial charge on any atom is 0.433 e. The molecular weight excluding hydrogens is 233 g/mol. The zero-order chi connectivity index (χ0) is 12.9. The van der Waals surface area contributed by atoms with Crippen LogP contribution in [-0.2, 0) is 6.18 Å². The summed E-state index contributed by atoms with van der Waals surface area (Å²) in [5, 5.41) is 2.72. The van der Waals surface area contributed by atoms with Gasteiger partial charge in [0, 0.05) is 18.8 Å². The Labute approximate surface area is 97.4 Å². The van der Waals surface area contributed by atoms with Gasteiger partial charge in [0.05, 0.1) is 0 Å². The Morgan fingerprint density at radius 1 is 1.47 bits per heavy atom. The lowest BCUT2D eigenvalue weighted by Gasteiger charge is -2.10. The number of alkyl halides is 3. The predicted octanol–water partition coefficient (Wildman–Crippen LogP) is 2.03. The Balaban J connectivity index is 2.55. The van der Waals surface area contributed by atoms with Crippen molar-refractivity contribution in [2.45, 2.75) is 32.0 Å². The highest BCUT2D eigenvalue weighted by Gasteiger charge is 2.32. The monoisotopic (exact) mass is 248 g/mol. The summed E-state index contributed by atoms with van der Waals surface area (Å²) in [6.07, 6.45) is -1.88. The summed E-state index contributed by atoms with van der Waals surface area (Å²) < 4.78 is 37.0. The van der Waals surface area contributed by atoms with Gasteiger partial charge >= 0.3 is 6.18 Å².